The topological polar surface area (TPSA) is 70.1 Å². The highest BCUT2D eigenvalue weighted by molar-refractivity contribution is 5.87. The monoisotopic (exact) mass is 476 g/mol. The summed E-state index contributed by atoms with van der Waals surface area (Å²) in [6.45, 7) is 9.14. The maximum absolute atomic E-state index is 13.3. The van der Waals surface area contributed by atoms with E-state index in [0.717, 1.165) is 50.9 Å². The molecule has 0 radical (unpaired) electrons. The van der Waals surface area contributed by atoms with Gasteiger partial charge in [-0.15, -0.1) is 0 Å². The summed E-state index contributed by atoms with van der Waals surface area (Å²) < 4.78 is 5.85. The van der Waals surface area contributed by atoms with Crippen molar-refractivity contribution in [2.24, 2.45) is 5.41 Å². The van der Waals surface area contributed by atoms with Crippen LogP contribution in [0.4, 0.5) is 4.79 Å². The summed E-state index contributed by atoms with van der Waals surface area (Å²) in [4.78, 5) is 29.2. The van der Waals surface area contributed by atoms with Gasteiger partial charge in [0.25, 0.3) is 0 Å². The lowest BCUT2D eigenvalue weighted by Gasteiger charge is -2.35. The van der Waals surface area contributed by atoms with Crippen LogP contribution in [0.25, 0.3) is 0 Å². The van der Waals surface area contributed by atoms with Gasteiger partial charge in [-0.3, -0.25) is 4.90 Å². The molecule has 2 aromatic carbocycles. The summed E-state index contributed by atoms with van der Waals surface area (Å²) in [6.07, 6.45) is 3.91. The average Bonchev–Trinajstić information content (AvgIpc) is 3.73. The van der Waals surface area contributed by atoms with Crippen molar-refractivity contribution >= 4 is 12.1 Å². The van der Waals surface area contributed by atoms with Crippen LogP contribution in [0.15, 0.2) is 48.5 Å². The lowest BCUT2D eigenvalue weighted by molar-refractivity contribution is 0.0168. The molecule has 3 aliphatic rings. The van der Waals surface area contributed by atoms with E-state index in [1.807, 2.05) is 43.9 Å². The van der Waals surface area contributed by atoms with Gasteiger partial charge in [0.15, 0.2) is 0 Å². The number of fused-ring (bicyclic) bond motifs is 1. The van der Waals surface area contributed by atoms with Crippen molar-refractivity contribution in [3.05, 3.63) is 70.8 Å². The van der Waals surface area contributed by atoms with Crippen LogP contribution < -0.4 is 0 Å². The number of hydrogen-bond acceptors (Lipinski definition) is 4. The van der Waals surface area contributed by atoms with Gasteiger partial charge in [-0.25, -0.2) is 9.59 Å². The van der Waals surface area contributed by atoms with Crippen LogP contribution in [0.5, 0.6) is 0 Å². The average molecular weight is 477 g/mol. The number of carbonyl (C=O) groups is 2. The van der Waals surface area contributed by atoms with Crippen molar-refractivity contribution in [1.82, 2.24) is 9.80 Å². The summed E-state index contributed by atoms with van der Waals surface area (Å²) in [5.41, 5.74) is 3.56. The molecule has 0 saturated heterocycles. The molecule has 2 saturated carbocycles. The molecule has 0 spiro atoms. The van der Waals surface area contributed by atoms with Gasteiger partial charge >= 0.3 is 12.1 Å². The molecule has 0 aromatic heterocycles. The Bertz CT molecular complexity index is 1100. The molecule has 186 valence electrons. The number of amides is 1. The second-order valence-corrected chi connectivity index (χ2v) is 11.7. The molecule has 0 bridgehead atoms. The molecule has 2 fully saturated rings. The maximum Gasteiger partial charge on any atom is 0.410 e. The molecule has 1 N–H and O–H groups in total. The van der Waals surface area contributed by atoms with E-state index in [4.69, 9.17) is 4.74 Å². The zero-order valence-electron chi connectivity index (χ0n) is 21.0. The smallest absolute Gasteiger partial charge is 0.410 e. The van der Waals surface area contributed by atoms with E-state index in [2.05, 4.69) is 29.2 Å². The fourth-order valence-electron chi connectivity index (χ4n) is 5.48. The summed E-state index contributed by atoms with van der Waals surface area (Å²) in [5.74, 6) is -0.509. The molecule has 2 aliphatic carbocycles. The van der Waals surface area contributed by atoms with Crippen molar-refractivity contribution < 1.29 is 19.4 Å². The van der Waals surface area contributed by atoms with Crippen LogP contribution in [0.3, 0.4) is 0 Å². The van der Waals surface area contributed by atoms with E-state index < -0.39 is 11.6 Å². The van der Waals surface area contributed by atoms with Crippen LogP contribution in [-0.2, 0) is 17.7 Å². The Kier molecular flexibility index (Phi) is 6.12. The van der Waals surface area contributed by atoms with Gasteiger partial charge in [0.2, 0.25) is 0 Å². The first-order valence-electron chi connectivity index (χ1n) is 12.7. The molecule has 1 unspecified atom stereocenters. The number of carboxylic acid groups (broad SMARTS) is 1. The quantitative estimate of drug-likeness (QED) is 0.586. The van der Waals surface area contributed by atoms with Gasteiger partial charge < -0.3 is 14.7 Å². The normalized spacial score (nSPS) is 22.7. The van der Waals surface area contributed by atoms with E-state index in [-0.39, 0.29) is 17.6 Å². The van der Waals surface area contributed by atoms with Crippen molar-refractivity contribution in [2.45, 2.75) is 70.6 Å². The minimum Gasteiger partial charge on any atom is -0.478 e. The number of carboxylic acids is 1. The number of carbonyl (C=O) groups excluding carboxylic acids is 1. The van der Waals surface area contributed by atoms with Crippen LogP contribution in [0.2, 0.25) is 0 Å². The highest BCUT2D eigenvalue weighted by Crippen LogP contribution is 2.52. The van der Waals surface area contributed by atoms with Crippen LogP contribution in [-0.4, -0.2) is 58.2 Å². The molecule has 6 nitrogen and oxygen atoms in total. The van der Waals surface area contributed by atoms with Gasteiger partial charge in [-0.1, -0.05) is 36.4 Å². The van der Waals surface area contributed by atoms with E-state index in [9.17, 15) is 14.7 Å². The van der Waals surface area contributed by atoms with E-state index >= 15 is 0 Å². The number of rotatable bonds is 7. The lowest BCUT2D eigenvalue weighted by atomic mass is 9.95. The first-order valence-corrected chi connectivity index (χ1v) is 12.7. The Morgan fingerprint density at radius 3 is 2.51 bits per heavy atom. The number of ether oxygens (including phenoxy) is 1. The largest absolute Gasteiger partial charge is 0.478 e. The van der Waals surface area contributed by atoms with Gasteiger partial charge in [-0.2, -0.15) is 0 Å². The Hall–Kier alpha value is -2.86. The Morgan fingerprint density at radius 2 is 1.86 bits per heavy atom. The molecule has 1 aliphatic heterocycles. The first-order chi connectivity index (χ1) is 16.6. The number of nitrogens with zero attached hydrogens (tertiary/aromatic N) is 2. The third kappa shape index (κ3) is 5.53. The molecule has 35 heavy (non-hydrogen) atoms. The van der Waals surface area contributed by atoms with Gasteiger partial charge in [0, 0.05) is 43.6 Å². The van der Waals surface area contributed by atoms with Gasteiger partial charge in [-0.05, 0) is 75.3 Å². The Labute approximate surface area is 207 Å². The molecule has 1 heterocycles. The number of benzene rings is 2. The summed E-state index contributed by atoms with van der Waals surface area (Å²) >= 11 is 0. The van der Waals surface area contributed by atoms with Crippen molar-refractivity contribution in [2.75, 3.05) is 19.6 Å². The molecule has 2 atom stereocenters. The third-order valence-corrected chi connectivity index (χ3v) is 7.58. The third-order valence-electron chi connectivity index (χ3n) is 7.58. The standard InChI is InChI=1S/C29H36N2O4/c1-28(2,3)35-27(34)31(25-16-24(25)21-7-5-4-6-8-21)19-29(12-13-29)18-30-14-11-20-9-10-22(26(32)33)15-23(20)17-30/h4-10,15,24-25H,11-14,16-19H2,1-3H3,(H,32,33)/t24?,25-/m0/s1. The fourth-order valence-corrected chi connectivity index (χ4v) is 5.48. The van der Waals surface area contributed by atoms with Crippen LogP contribution in [0.1, 0.15) is 73.0 Å². The minimum absolute atomic E-state index is 0.0860. The van der Waals surface area contributed by atoms with Crippen molar-refractivity contribution in [3.8, 4) is 0 Å². The zero-order valence-corrected chi connectivity index (χ0v) is 21.0. The molecular formula is C29H36N2O4. The highest BCUT2D eigenvalue weighted by atomic mass is 16.6. The second kappa shape index (κ2) is 8.98. The Morgan fingerprint density at radius 1 is 1.11 bits per heavy atom. The van der Waals surface area contributed by atoms with Crippen molar-refractivity contribution in [3.63, 3.8) is 0 Å². The fraction of sp³-hybridized carbons (Fsp3) is 0.517. The highest BCUT2D eigenvalue weighted by Gasteiger charge is 2.52. The zero-order chi connectivity index (χ0) is 24.8. The number of hydrogen-bond donors (Lipinski definition) is 1. The van der Waals surface area contributed by atoms with Gasteiger partial charge in [0.1, 0.15) is 5.60 Å². The minimum atomic E-state index is -0.881. The molecular weight excluding hydrogens is 440 g/mol. The molecule has 1 amide bonds. The van der Waals surface area contributed by atoms with E-state index in [0.29, 0.717) is 18.0 Å². The van der Waals surface area contributed by atoms with Crippen molar-refractivity contribution in [1.29, 1.82) is 0 Å². The maximum atomic E-state index is 13.3. The second-order valence-electron chi connectivity index (χ2n) is 11.7. The SMILES string of the molecule is CC(C)(C)OC(=O)N(CC1(CN2CCc3ccc(C(=O)O)cc3C2)CC1)[C@H]1CC1c1ccccc1. The summed E-state index contributed by atoms with van der Waals surface area (Å²) in [6, 6.07) is 16.1. The van der Waals surface area contributed by atoms with Crippen LogP contribution >= 0.6 is 0 Å². The molecule has 2 aromatic rings. The van der Waals surface area contributed by atoms with Gasteiger partial charge in [0.05, 0.1) is 5.56 Å². The first kappa shape index (κ1) is 23.9. The van der Waals surface area contributed by atoms with Crippen LogP contribution in [0, 0.1) is 5.41 Å². The molecule has 6 heteroatoms. The summed E-state index contributed by atoms with van der Waals surface area (Å²) in [7, 11) is 0. The predicted octanol–water partition coefficient (Wildman–Crippen LogP) is 5.32. The van der Waals surface area contributed by atoms with E-state index in [1.165, 1.54) is 11.1 Å². The lowest BCUT2D eigenvalue weighted by Crippen LogP contribution is -2.45. The summed E-state index contributed by atoms with van der Waals surface area (Å²) in [5, 5.41) is 9.38. The molecule has 5 rings (SSSR count). The van der Waals surface area contributed by atoms with E-state index in [1.54, 1.807) is 6.07 Å². The Balaban J connectivity index is 1.29. The number of aromatic carboxylic acids is 1. The predicted molar refractivity (Wildman–Crippen MR) is 135 cm³/mol.